The summed E-state index contributed by atoms with van der Waals surface area (Å²) >= 11 is 3.01. The Hall–Kier alpha value is -2.63. The van der Waals surface area contributed by atoms with Gasteiger partial charge >= 0.3 is 0 Å². The first-order valence-electron chi connectivity index (χ1n) is 8.67. The fraction of sp³-hybridized carbons (Fsp3) is 0.0909. The molecule has 0 aliphatic carbocycles. The molecule has 0 saturated carbocycles. The molecular formula is C22H15NO2S2. The van der Waals surface area contributed by atoms with E-state index in [4.69, 9.17) is 0 Å². The Kier molecular flexibility index (Phi) is 3.99. The van der Waals surface area contributed by atoms with Gasteiger partial charge in [-0.15, -0.1) is 11.3 Å². The second kappa shape index (κ2) is 6.51. The Morgan fingerprint density at radius 1 is 0.926 bits per heavy atom. The van der Waals surface area contributed by atoms with Crippen molar-refractivity contribution in [2.75, 3.05) is 0 Å². The SMILES string of the molecule is O=C1C(=Cc2ccccc2)SC2c3ccccc3C(=O)N2Cc2sccc21. The Bertz CT molecular complexity index is 1080. The first-order valence-corrected chi connectivity index (χ1v) is 10.4. The lowest BCUT2D eigenvalue weighted by Crippen LogP contribution is -2.28. The number of thioether (sulfide) groups is 1. The third kappa shape index (κ3) is 2.74. The maximum Gasteiger partial charge on any atom is 0.255 e. The van der Waals surface area contributed by atoms with E-state index >= 15 is 0 Å². The van der Waals surface area contributed by atoms with Crippen molar-refractivity contribution in [1.82, 2.24) is 4.90 Å². The van der Waals surface area contributed by atoms with Gasteiger partial charge in [0.1, 0.15) is 5.37 Å². The monoisotopic (exact) mass is 389 g/mol. The van der Waals surface area contributed by atoms with Crippen molar-refractivity contribution in [3.63, 3.8) is 0 Å². The predicted octanol–water partition coefficient (Wildman–Crippen LogP) is 5.37. The summed E-state index contributed by atoms with van der Waals surface area (Å²) in [5, 5.41) is 1.75. The van der Waals surface area contributed by atoms with Crippen molar-refractivity contribution >= 4 is 40.9 Å². The number of allylic oxidation sites excluding steroid dienone is 1. The molecule has 2 aromatic carbocycles. The molecule has 0 bridgehead atoms. The van der Waals surface area contributed by atoms with E-state index in [2.05, 4.69) is 0 Å². The Morgan fingerprint density at radius 2 is 1.70 bits per heavy atom. The van der Waals surface area contributed by atoms with E-state index in [-0.39, 0.29) is 17.1 Å². The summed E-state index contributed by atoms with van der Waals surface area (Å²) in [5.74, 6) is 0.0763. The van der Waals surface area contributed by atoms with E-state index in [1.54, 1.807) is 0 Å². The van der Waals surface area contributed by atoms with Crippen LogP contribution in [-0.4, -0.2) is 16.6 Å². The van der Waals surface area contributed by atoms with Crippen LogP contribution in [0, 0.1) is 0 Å². The second-order valence-electron chi connectivity index (χ2n) is 6.50. The third-order valence-electron chi connectivity index (χ3n) is 4.86. The van der Waals surface area contributed by atoms with Crippen molar-refractivity contribution in [2.24, 2.45) is 0 Å². The number of hydrogen-bond donors (Lipinski definition) is 0. The van der Waals surface area contributed by atoms with E-state index in [1.807, 2.05) is 77.0 Å². The number of fused-ring (bicyclic) bond motifs is 4. The zero-order valence-electron chi connectivity index (χ0n) is 14.3. The molecule has 5 rings (SSSR count). The van der Waals surface area contributed by atoms with Crippen molar-refractivity contribution in [3.05, 3.63) is 98.1 Å². The zero-order valence-corrected chi connectivity index (χ0v) is 15.9. The van der Waals surface area contributed by atoms with Gasteiger partial charge in [0.25, 0.3) is 5.91 Å². The number of thiophene rings is 1. The van der Waals surface area contributed by atoms with Crippen LogP contribution in [-0.2, 0) is 6.54 Å². The molecule has 3 aromatic rings. The highest BCUT2D eigenvalue weighted by atomic mass is 32.2. The minimum atomic E-state index is -0.178. The summed E-state index contributed by atoms with van der Waals surface area (Å²) in [7, 11) is 0. The van der Waals surface area contributed by atoms with Gasteiger partial charge in [0.15, 0.2) is 0 Å². The molecule has 2 aliphatic rings. The van der Waals surface area contributed by atoms with Crippen molar-refractivity contribution in [2.45, 2.75) is 11.9 Å². The molecule has 27 heavy (non-hydrogen) atoms. The van der Waals surface area contributed by atoms with E-state index < -0.39 is 0 Å². The summed E-state index contributed by atoms with van der Waals surface area (Å²) in [6, 6.07) is 19.4. The van der Waals surface area contributed by atoms with E-state index in [0.29, 0.717) is 17.0 Å². The molecule has 1 unspecified atom stereocenters. The summed E-state index contributed by atoms with van der Waals surface area (Å²) < 4.78 is 0. The molecule has 0 spiro atoms. The number of carbonyl (C=O) groups is 2. The largest absolute Gasteiger partial charge is 0.317 e. The van der Waals surface area contributed by atoms with E-state index in [9.17, 15) is 9.59 Å². The number of carbonyl (C=O) groups excluding carboxylic acids is 2. The Morgan fingerprint density at radius 3 is 2.56 bits per heavy atom. The van der Waals surface area contributed by atoms with Crippen LogP contribution in [0.15, 0.2) is 70.9 Å². The molecule has 3 nitrogen and oxygen atoms in total. The molecule has 1 atom stereocenters. The molecule has 0 radical (unpaired) electrons. The van der Waals surface area contributed by atoms with Gasteiger partial charge in [0.2, 0.25) is 5.78 Å². The number of nitrogens with zero attached hydrogens (tertiary/aromatic N) is 1. The van der Waals surface area contributed by atoms with Crippen LogP contribution in [0.25, 0.3) is 6.08 Å². The maximum absolute atomic E-state index is 13.3. The summed E-state index contributed by atoms with van der Waals surface area (Å²) in [5.41, 5.74) is 3.41. The predicted molar refractivity (Wildman–Crippen MR) is 110 cm³/mol. The van der Waals surface area contributed by atoms with E-state index in [1.165, 1.54) is 23.1 Å². The van der Waals surface area contributed by atoms with Crippen LogP contribution in [0.5, 0.6) is 0 Å². The molecule has 0 fully saturated rings. The summed E-state index contributed by atoms with van der Waals surface area (Å²) in [6.07, 6.45) is 1.93. The normalized spacial score (nSPS) is 20.1. The number of hydrogen-bond acceptors (Lipinski definition) is 4. The highest BCUT2D eigenvalue weighted by molar-refractivity contribution is 8.04. The minimum absolute atomic E-state index is 0.0378. The average molecular weight is 390 g/mol. The molecule has 0 saturated heterocycles. The molecular weight excluding hydrogens is 374 g/mol. The van der Waals surface area contributed by atoms with Gasteiger partial charge in [0, 0.05) is 16.0 Å². The average Bonchev–Trinajstić information content (AvgIpc) is 3.25. The lowest BCUT2D eigenvalue weighted by molar-refractivity contribution is 0.0760. The van der Waals surface area contributed by atoms with Crippen LogP contribution >= 0.6 is 23.1 Å². The van der Waals surface area contributed by atoms with Gasteiger partial charge in [-0.3, -0.25) is 9.59 Å². The van der Waals surface area contributed by atoms with Gasteiger partial charge in [0.05, 0.1) is 11.4 Å². The van der Waals surface area contributed by atoms with Crippen LogP contribution in [0.1, 0.15) is 42.1 Å². The highest BCUT2D eigenvalue weighted by Gasteiger charge is 2.40. The first kappa shape index (κ1) is 16.5. The number of Topliss-reactive ketones (excluding diaryl/α,β-unsaturated/α-hetero) is 1. The molecule has 1 aromatic heterocycles. The molecule has 132 valence electrons. The van der Waals surface area contributed by atoms with Crippen molar-refractivity contribution < 1.29 is 9.59 Å². The topological polar surface area (TPSA) is 37.4 Å². The van der Waals surface area contributed by atoms with Crippen LogP contribution in [0.2, 0.25) is 0 Å². The standard InChI is InChI=1S/C22H15NO2S2/c24-20-17-10-11-26-19(17)13-23-21(25)15-8-4-5-9-16(15)22(23)27-18(20)12-14-6-2-1-3-7-14/h1-12,22H,13H2. The van der Waals surface area contributed by atoms with Gasteiger partial charge in [-0.05, 0) is 34.7 Å². The molecule has 5 heteroatoms. The lowest BCUT2D eigenvalue weighted by Gasteiger charge is -2.27. The summed E-state index contributed by atoms with van der Waals surface area (Å²) in [6.45, 7) is 0.475. The highest BCUT2D eigenvalue weighted by Crippen LogP contribution is 2.48. The number of rotatable bonds is 1. The minimum Gasteiger partial charge on any atom is -0.317 e. The smallest absolute Gasteiger partial charge is 0.255 e. The maximum atomic E-state index is 13.3. The van der Waals surface area contributed by atoms with Crippen LogP contribution < -0.4 is 0 Å². The second-order valence-corrected chi connectivity index (χ2v) is 8.62. The van der Waals surface area contributed by atoms with Crippen LogP contribution in [0.3, 0.4) is 0 Å². The fourth-order valence-corrected chi connectivity index (χ4v) is 5.71. The van der Waals surface area contributed by atoms with Crippen molar-refractivity contribution in [3.8, 4) is 0 Å². The quantitative estimate of drug-likeness (QED) is 0.525. The number of benzene rings is 2. The Balaban J connectivity index is 1.67. The lowest BCUT2D eigenvalue weighted by atomic mass is 10.1. The molecule has 2 aliphatic heterocycles. The third-order valence-corrected chi connectivity index (χ3v) is 7.06. The van der Waals surface area contributed by atoms with E-state index in [0.717, 1.165) is 21.6 Å². The van der Waals surface area contributed by atoms with Crippen molar-refractivity contribution in [1.29, 1.82) is 0 Å². The number of ketones is 1. The van der Waals surface area contributed by atoms with Gasteiger partial charge in [-0.1, -0.05) is 60.3 Å². The molecule has 3 heterocycles. The number of amides is 1. The van der Waals surface area contributed by atoms with Crippen LogP contribution in [0.4, 0.5) is 0 Å². The summed E-state index contributed by atoms with van der Waals surface area (Å²) in [4.78, 5) is 29.7. The zero-order chi connectivity index (χ0) is 18.4. The van der Waals surface area contributed by atoms with Gasteiger partial charge in [-0.25, -0.2) is 0 Å². The fourth-order valence-electron chi connectivity index (χ4n) is 3.54. The van der Waals surface area contributed by atoms with Gasteiger partial charge < -0.3 is 4.90 Å². The first-order chi connectivity index (χ1) is 13.2. The van der Waals surface area contributed by atoms with Gasteiger partial charge in [-0.2, -0.15) is 0 Å². The molecule has 1 amide bonds. The Labute approximate surface area is 165 Å². The molecule has 0 N–H and O–H groups in total.